The van der Waals surface area contributed by atoms with Crippen LogP contribution in [0.2, 0.25) is 0 Å². The van der Waals surface area contributed by atoms with E-state index in [9.17, 15) is 4.79 Å². The summed E-state index contributed by atoms with van der Waals surface area (Å²) < 4.78 is 0. The molecule has 5 nitrogen and oxygen atoms in total. The van der Waals surface area contributed by atoms with Crippen molar-refractivity contribution in [2.45, 2.75) is 25.4 Å². The molecule has 174 valence electrons. The molecule has 6 heteroatoms. The third kappa shape index (κ3) is 5.95. The molecule has 0 unspecified atom stereocenters. The number of benzene rings is 2. The first kappa shape index (κ1) is 23.3. The highest BCUT2D eigenvalue weighted by Gasteiger charge is 2.22. The third-order valence-corrected chi connectivity index (χ3v) is 7.41. The average molecular weight is 463 g/mol. The summed E-state index contributed by atoms with van der Waals surface area (Å²) in [7, 11) is 8.20. The van der Waals surface area contributed by atoms with Crippen molar-refractivity contribution in [3.63, 3.8) is 0 Å². The van der Waals surface area contributed by atoms with Crippen molar-refractivity contribution >= 4 is 28.6 Å². The van der Waals surface area contributed by atoms with E-state index in [1.54, 1.807) is 11.3 Å². The zero-order valence-corrected chi connectivity index (χ0v) is 20.9. The van der Waals surface area contributed by atoms with Gasteiger partial charge in [0.25, 0.3) is 5.91 Å². The lowest BCUT2D eigenvalue weighted by atomic mass is 10.0. The van der Waals surface area contributed by atoms with E-state index in [2.05, 4.69) is 88.7 Å². The molecule has 0 radical (unpaired) electrons. The monoisotopic (exact) mass is 462 g/mol. The molecule has 1 amide bonds. The Bertz CT molecular complexity index is 1050. The fourth-order valence-corrected chi connectivity index (χ4v) is 5.10. The number of rotatable bonds is 7. The van der Waals surface area contributed by atoms with Gasteiger partial charge in [0.2, 0.25) is 0 Å². The van der Waals surface area contributed by atoms with Gasteiger partial charge in [0.05, 0.1) is 4.88 Å². The van der Waals surface area contributed by atoms with E-state index in [-0.39, 0.29) is 11.9 Å². The van der Waals surface area contributed by atoms with Crippen LogP contribution in [0.3, 0.4) is 0 Å². The molecule has 3 aromatic rings. The quantitative estimate of drug-likeness (QED) is 0.540. The summed E-state index contributed by atoms with van der Waals surface area (Å²) >= 11 is 1.56. The largest absolute Gasteiger partial charge is 0.378 e. The van der Waals surface area contributed by atoms with Gasteiger partial charge in [0.1, 0.15) is 0 Å². The van der Waals surface area contributed by atoms with Gasteiger partial charge >= 0.3 is 0 Å². The van der Waals surface area contributed by atoms with Crippen LogP contribution in [0.25, 0.3) is 10.4 Å². The first-order valence-electron chi connectivity index (χ1n) is 11.6. The number of hydrogen-bond acceptors (Lipinski definition) is 5. The van der Waals surface area contributed by atoms with Crippen LogP contribution in [0.5, 0.6) is 0 Å². The number of carbonyl (C=O) groups excluding carboxylic acids is 1. The summed E-state index contributed by atoms with van der Waals surface area (Å²) in [5.74, 6) is 0.0499. The van der Waals surface area contributed by atoms with Crippen LogP contribution in [-0.2, 0) is 6.54 Å². The van der Waals surface area contributed by atoms with Crippen molar-refractivity contribution in [3.05, 3.63) is 71.1 Å². The molecular weight excluding hydrogens is 428 g/mol. The van der Waals surface area contributed by atoms with Crippen LogP contribution in [0.1, 0.15) is 28.1 Å². The summed E-state index contributed by atoms with van der Waals surface area (Å²) in [5, 5.41) is 3.26. The van der Waals surface area contributed by atoms with Crippen molar-refractivity contribution in [1.82, 2.24) is 10.2 Å². The Hall–Kier alpha value is -2.83. The van der Waals surface area contributed by atoms with E-state index in [1.807, 2.05) is 20.2 Å². The van der Waals surface area contributed by atoms with Crippen LogP contribution in [0.15, 0.2) is 60.7 Å². The Kier molecular flexibility index (Phi) is 7.36. The van der Waals surface area contributed by atoms with E-state index in [0.29, 0.717) is 0 Å². The first-order chi connectivity index (χ1) is 15.9. The van der Waals surface area contributed by atoms with E-state index in [0.717, 1.165) is 47.8 Å². The van der Waals surface area contributed by atoms with Gasteiger partial charge in [-0.3, -0.25) is 9.69 Å². The van der Waals surface area contributed by atoms with E-state index in [4.69, 9.17) is 0 Å². The lowest BCUT2D eigenvalue weighted by Gasteiger charge is -2.32. The van der Waals surface area contributed by atoms with Crippen LogP contribution in [0.4, 0.5) is 11.4 Å². The van der Waals surface area contributed by atoms with Crippen molar-refractivity contribution in [1.29, 1.82) is 0 Å². The number of carbonyl (C=O) groups is 1. The van der Waals surface area contributed by atoms with Gasteiger partial charge in [0.15, 0.2) is 0 Å². The van der Waals surface area contributed by atoms with Gasteiger partial charge in [-0.25, -0.2) is 0 Å². The molecule has 1 fully saturated rings. The van der Waals surface area contributed by atoms with Crippen LogP contribution in [-0.4, -0.2) is 58.1 Å². The van der Waals surface area contributed by atoms with Gasteiger partial charge in [-0.05, 0) is 60.4 Å². The number of amides is 1. The maximum atomic E-state index is 12.8. The maximum Gasteiger partial charge on any atom is 0.261 e. The lowest BCUT2D eigenvalue weighted by Crippen LogP contribution is -2.44. The summed E-state index contributed by atoms with van der Waals surface area (Å²) in [6, 6.07) is 21.5. The SMILES string of the molecule is CN(C)c1ccc(CN2CCC(NC(=O)c3ccc(-c4ccc(N(C)C)cc4)s3)CC2)cc1. The second kappa shape index (κ2) is 10.4. The van der Waals surface area contributed by atoms with Crippen molar-refractivity contribution in [3.8, 4) is 10.4 Å². The minimum Gasteiger partial charge on any atom is -0.378 e. The molecule has 1 aromatic heterocycles. The molecule has 0 atom stereocenters. The van der Waals surface area contributed by atoms with E-state index in [1.165, 1.54) is 16.9 Å². The number of nitrogens with zero attached hydrogens (tertiary/aromatic N) is 3. The molecule has 1 aliphatic rings. The predicted octanol–water partition coefficient (Wildman–Crippen LogP) is 4.94. The van der Waals surface area contributed by atoms with Crippen LogP contribution >= 0.6 is 11.3 Å². The number of likely N-dealkylation sites (tertiary alicyclic amines) is 1. The Morgan fingerprint density at radius 3 is 2.03 bits per heavy atom. The van der Waals surface area contributed by atoms with Gasteiger partial charge in [-0.15, -0.1) is 11.3 Å². The minimum absolute atomic E-state index is 0.0499. The molecule has 2 aromatic carbocycles. The van der Waals surface area contributed by atoms with Crippen LogP contribution in [0, 0.1) is 0 Å². The molecule has 0 spiro atoms. The van der Waals surface area contributed by atoms with E-state index >= 15 is 0 Å². The molecule has 2 heterocycles. The zero-order valence-electron chi connectivity index (χ0n) is 20.0. The van der Waals surface area contributed by atoms with Gasteiger partial charge in [-0.2, -0.15) is 0 Å². The summed E-state index contributed by atoms with van der Waals surface area (Å²) in [6.07, 6.45) is 1.98. The average Bonchev–Trinajstić information content (AvgIpc) is 3.31. The number of hydrogen-bond donors (Lipinski definition) is 1. The van der Waals surface area contributed by atoms with Gasteiger partial charge in [0, 0.05) is 70.1 Å². The third-order valence-electron chi connectivity index (χ3n) is 6.28. The molecule has 33 heavy (non-hydrogen) atoms. The molecule has 0 saturated carbocycles. The fourth-order valence-electron chi connectivity index (χ4n) is 4.19. The predicted molar refractivity (Wildman–Crippen MR) is 141 cm³/mol. The number of anilines is 2. The second-order valence-electron chi connectivity index (χ2n) is 9.19. The number of nitrogens with one attached hydrogen (secondary N) is 1. The van der Waals surface area contributed by atoms with Gasteiger partial charge in [-0.1, -0.05) is 24.3 Å². The summed E-state index contributed by atoms with van der Waals surface area (Å²) in [4.78, 5) is 21.4. The Labute approximate surface area is 201 Å². The molecule has 1 saturated heterocycles. The van der Waals surface area contributed by atoms with Crippen molar-refractivity contribution < 1.29 is 4.79 Å². The number of piperidine rings is 1. The smallest absolute Gasteiger partial charge is 0.261 e. The molecule has 1 N–H and O–H groups in total. The molecule has 0 bridgehead atoms. The Morgan fingerprint density at radius 1 is 0.879 bits per heavy atom. The topological polar surface area (TPSA) is 38.8 Å². The fraction of sp³-hybridized carbons (Fsp3) is 0.370. The summed E-state index contributed by atoms with van der Waals surface area (Å²) in [6.45, 7) is 2.98. The van der Waals surface area contributed by atoms with Crippen LogP contribution < -0.4 is 15.1 Å². The zero-order chi connectivity index (χ0) is 23.4. The highest BCUT2D eigenvalue weighted by atomic mass is 32.1. The standard InChI is InChI=1S/C27H34N4OS/c1-29(2)23-9-5-20(6-10-23)19-31-17-15-22(16-18-31)28-27(32)26-14-13-25(33-26)21-7-11-24(12-8-21)30(3)4/h5-14,22H,15-19H2,1-4H3,(H,28,32). The highest BCUT2D eigenvalue weighted by molar-refractivity contribution is 7.17. The van der Waals surface area contributed by atoms with Crippen molar-refractivity contribution in [2.75, 3.05) is 51.1 Å². The highest BCUT2D eigenvalue weighted by Crippen LogP contribution is 2.29. The van der Waals surface area contributed by atoms with E-state index < -0.39 is 0 Å². The van der Waals surface area contributed by atoms with Gasteiger partial charge < -0.3 is 15.1 Å². The second-order valence-corrected chi connectivity index (χ2v) is 10.3. The van der Waals surface area contributed by atoms with Crippen molar-refractivity contribution in [2.24, 2.45) is 0 Å². The molecule has 1 aliphatic heterocycles. The molecule has 4 rings (SSSR count). The Morgan fingerprint density at radius 2 is 1.45 bits per heavy atom. The molecule has 0 aliphatic carbocycles. The maximum absolute atomic E-state index is 12.8. The minimum atomic E-state index is 0.0499. The normalized spacial score (nSPS) is 14.8. The number of thiophene rings is 1. The lowest BCUT2D eigenvalue weighted by molar-refractivity contribution is 0.0913. The first-order valence-corrected chi connectivity index (χ1v) is 12.4. The summed E-state index contributed by atoms with van der Waals surface area (Å²) in [5.41, 5.74) is 4.89. The molecular formula is C27H34N4OS. The Balaban J connectivity index is 1.27.